The molecule has 2 N–H and O–H groups in total. The van der Waals surface area contributed by atoms with Crippen molar-refractivity contribution in [1.82, 2.24) is 9.97 Å². The molecule has 3 rings (SSSR count). The predicted octanol–water partition coefficient (Wildman–Crippen LogP) is 4.31. The van der Waals surface area contributed by atoms with Gasteiger partial charge in [-0.3, -0.25) is 0 Å². The van der Waals surface area contributed by atoms with Gasteiger partial charge in [0.15, 0.2) is 5.75 Å². The topological polar surface area (TPSA) is 61.0 Å². The third-order valence-electron chi connectivity index (χ3n) is 2.72. The summed E-state index contributed by atoms with van der Waals surface area (Å²) in [6, 6.07) is 10.9. The summed E-state index contributed by atoms with van der Waals surface area (Å²) < 4.78 is 5.56. The molecule has 0 unspecified atom stereocenters. The Morgan fingerprint density at radius 1 is 1.05 bits per heavy atom. The van der Waals surface area contributed by atoms with Crippen LogP contribution in [0.4, 0.5) is 5.69 Å². The van der Waals surface area contributed by atoms with Gasteiger partial charge in [-0.05, 0) is 12.1 Å². The zero-order valence-electron chi connectivity index (χ0n) is 10.2. The minimum atomic E-state index is 0.203. The largest absolute Gasteiger partial charge is 0.422 e. The van der Waals surface area contributed by atoms with Gasteiger partial charge in [-0.15, -0.1) is 0 Å². The highest BCUT2D eigenvalue weighted by molar-refractivity contribution is 6.42. The Labute approximate surface area is 125 Å². The van der Waals surface area contributed by atoms with Crippen molar-refractivity contribution in [1.29, 1.82) is 0 Å². The number of hydrogen-bond acceptors (Lipinski definition) is 4. The van der Waals surface area contributed by atoms with E-state index >= 15 is 0 Å². The van der Waals surface area contributed by atoms with E-state index in [1.54, 1.807) is 6.20 Å². The monoisotopic (exact) mass is 305 g/mol. The first-order valence-corrected chi connectivity index (χ1v) is 6.53. The molecule has 0 fully saturated rings. The van der Waals surface area contributed by atoms with E-state index in [0.29, 0.717) is 21.5 Å². The molecule has 4 nitrogen and oxygen atoms in total. The first-order chi connectivity index (χ1) is 9.63. The van der Waals surface area contributed by atoms with Crippen LogP contribution in [0.2, 0.25) is 10.0 Å². The van der Waals surface area contributed by atoms with Crippen LogP contribution in [0.3, 0.4) is 0 Å². The number of anilines is 1. The van der Waals surface area contributed by atoms with Crippen molar-refractivity contribution >= 4 is 39.8 Å². The average molecular weight is 306 g/mol. The number of nitrogens with two attached hydrogens (primary N) is 1. The summed E-state index contributed by atoms with van der Waals surface area (Å²) in [5, 5.41) is 1.66. The van der Waals surface area contributed by atoms with Crippen LogP contribution >= 0.6 is 23.2 Å². The molecule has 20 heavy (non-hydrogen) atoms. The molecule has 0 saturated heterocycles. The number of benzene rings is 2. The summed E-state index contributed by atoms with van der Waals surface area (Å²) >= 11 is 11.8. The maximum atomic E-state index is 5.94. The zero-order chi connectivity index (χ0) is 14.1. The number of ether oxygens (including phenoxy) is 1. The molecule has 1 aromatic heterocycles. The molecular formula is C14H9Cl2N3O. The van der Waals surface area contributed by atoms with Crippen LogP contribution in [0, 0.1) is 0 Å². The fourth-order valence-electron chi connectivity index (χ4n) is 1.74. The van der Waals surface area contributed by atoms with Gasteiger partial charge in [0.05, 0.1) is 21.2 Å². The van der Waals surface area contributed by atoms with Crippen LogP contribution in [0.25, 0.3) is 10.9 Å². The van der Waals surface area contributed by atoms with Crippen LogP contribution in [-0.4, -0.2) is 9.97 Å². The second-order valence-corrected chi connectivity index (χ2v) is 4.93. The Balaban J connectivity index is 1.99. The SMILES string of the molecule is Nc1cc(Cl)c(Cl)cc1Oc1ncc2ccccc2n1. The lowest BCUT2D eigenvalue weighted by Crippen LogP contribution is -1.96. The van der Waals surface area contributed by atoms with Crippen molar-refractivity contribution in [2.45, 2.75) is 0 Å². The van der Waals surface area contributed by atoms with Gasteiger partial charge in [-0.2, -0.15) is 4.98 Å². The van der Waals surface area contributed by atoms with Crippen molar-refractivity contribution in [3.8, 4) is 11.8 Å². The number of aromatic nitrogens is 2. The van der Waals surface area contributed by atoms with Gasteiger partial charge in [-0.25, -0.2) is 4.98 Å². The molecule has 0 radical (unpaired) electrons. The van der Waals surface area contributed by atoms with E-state index in [4.69, 9.17) is 33.7 Å². The molecule has 3 aromatic rings. The first kappa shape index (κ1) is 13.0. The van der Waals surface area contributed by atoms with E-state index in [-0.39, 0.29) is 6.01 Å². The van der Waals surface area contributed by atoms with Crippen LogP contribution in [0.1, 0.15) is 0 Å². The normalized spacial score (nSPS) is 10.7. The number of fused-ring (bicyclic) bond motifs is 1. The van der Waals surface area contributed by atoms with Crippen LogP contribution in [-0.2, 0) is 0 Å². The molecule has 0 spiro atoms. The molecule has 0 atom stereocenters. The Hall–Kier alpha value is -2.04. The highest BCUT2D eigenvalue weighted by Gasteiger charge is 2.09. The smallest absolute Gasteiger partial charge is 0.322 e. The highest BCUT2D eigenvalue weighted by Crippen LogP contribution is 2.34. The Morgan fingerprint density at radius 2 is 1.80 bits per heavy atom. The van der Waals surface area contributed by atoms with E-state index < -0.39 is 0 Å². The van der Waals surface area contributed by atoms with Crippen molar-refractivity contribution in [2.24, 2.45) is 0 Å². The third kappa shape index (κ3) is 2.48. The molecule has 0 aliphatic heterocycles. The molecule has 0 saturated carbocycles. The van der Waals surface area contributed by atoms with Gasteiger partial charge >= 0.3 is 6.01 Å². The first-order valence-electron chi connectivity index (χ1n) is 5.77. The number of rotatable bonds is 2. The number of nitrogens with zero attached hydrogens (tertiary/aromatic N) is 2. The maximum absolute atomic E-state index is 5.94. The minimum Gasteiger partial charge on any atom is -0.422 e. The molecule has 2 aromatic carbocycles. The van der Waals surface area contributed by atoms with E-state index in [1.165, 1.54) is 12.1 Å². The second-order valence-electron chi connectivity index (χ2n) is 4.12. The Kier molecular flexibility index (Phi) is 3.34. The van der Waals surface area contributed by atoms with Gasteiger partial charge in [0, 0.05) is 17.6 Å². The summed E-state index contributed by atoms with van der Waals surface area (Å²) in [5.74, 6) is 0.370. The molecule has 6 heteroatoms. The number of halogens is 2. The summed E-state index contributed by atoms with van der Waals surface area (Å²) in [7, 11) is 0. The molecule has 0 amide bonds. The summed E-state index contributed by atoms with van der Waals surface area (Å²) in [5.41, 5.74) is 6.99. The van der Waals surface area contributed by atoms with Crippen LogP contribution in [0.15, 0.2) is 42.6 Å². The molecule has 100 valence electrons. The van der Waals surface area contributed by atoms with Crippen LogP contribution < -0.4 is 10.5 Å². The minimum absolute atomic E-state index is 0.203. The fourth-order valence-corrected chi connectivity index (χ4v) is 2.06. The second kappa shape index (κ2) is 5.15. The summed E-state index contributed by atoms with van der Waals surface area (Å²) in [6.07, 6.45) is 1.69. The van der Waals surface area contributed by atoms with Crippen molar-refractivity contribution in [3.05, 3.63) is 52.6 Å². The standard InChI is InChI=1S/C14H9Cl2N3O/c15-9-5-11(17)13(6-10(9)16)20-14-18-7-8-3-1-2-4-12(8)19-14/h1-7H,17H2. The van der Waals surface area contributed by atoms with Crippen LogP contribution in [0.5, 0.6) is 11.8 Å². The van der Waals surface area contributed by atoms with Crippen molar-refractivity contribution < 1.29 is 4.74 Å². The number of nitrogen functional groups attached to an aromatic ring is 1. The maximum Gasteiger partial charge on any atom is 0.322 e. The highest BCUT2D eigenvalue weighted by atomic mass is 35.5. The van der Waals surface area contributed by atoms with Crippen molar-refractivity contribution in [3.63, 3.8) is 0 Å². The van der Waals surface area contributed by atoms with E-state index in [9.17, 15) is 0 Å². The Bertz CT molecular complexity index is 792. The van der Waals surface area contributed by atoms with Gasteiger partial charge in [-0.1, -0.05) is 41.4 Å². The zero-order valence-corrected chi connectivity index (χ0v) is 11.7. The molecular weight excluding hydrogens is 297 g/mol. The van der Waals surface area contributed by atoms with Crippen molar-refractivity contribution in [2.75, 3.05) is 5.73 Å². The fraction of sp³-hybridized carbons (Fsp3) is 0. The van der Waals surface area contributed by atoms with E-state index in [2.05, 4.69) is 9.97 Å². The molecule has 0 aliphatic carbocycles. The molecule has 0 bridgehead atoms. The average Bonchev–Trinajstić information content (AvgIpc) is 2.44. The lowest BCUT2D eigenvalue weighted by molar-refractivity contribution is 0.446. The van der Waals surface area contributed by atoms with E-state index in [1.807, 2.05) is 24.3 Å². The van der Waals surface area contributed by atoms with E-state index in [0.717, 1.165) is 10.9 Å². The van der Waals surface area contributed by atoms with Gasteiger partial charge in [0.1, 0.15) is 0 Å². The van der Waals surface area contributed by atoms with Gasteiger partial charge in [0.25, 0.3) is 0 Å². The van der Waals surface area contributed by atoms with Gasteiger partial charge in [0.2, 0.25) is 0 Å². The lowest BCUT2D eigenvalue weighted by atomic mass is 10.2. The predicted molar refractivity (Wildman–Crippen MR) is 80.5 cm³/mol. The number of hydrogen-bond donors (Lipinski definition) is 1. The quantitative estimate of drug-likeness (QED) is 0.717. The molecule has 0 aliphatic rings. The number of para-hydroxylation sites is 1. The lowest BCUT2D eigenvalue weighted by Gasteiger charge is -2.08. The third-order valence-corrected chi connectivity index (χ3v) is 3.44. The van der Waals surface area contributed by atoms with Gasteiger partial charge < -0.3 is 10.5 Å². The molecule has 1 heterocycles. The summed E-state index contributed by atoms with van der Waals surface area (Å²) in [4.78, 5) is 8.43. The summed E-state index contributed by atoms with van der Waals surface area (Å²) in [6.45, 7) is 0. The Morgan fingerprint density at radius 3 is 2.65 bits per heavy atom.